The summed E-state index contributed by atoms with van der Waals surface area (Å²) in [6.07, 6.45) is 4.04. The minimum Gasteiger partial charge on any atom is -0.147 e. The van der Waals surface area contributed by atoms with Crippen molar-refractivity contribution in [2.45, 2.75) is 32.1 Å². The molecule has 0 spiro atoms. The molecule has 1 heteroatoms. The Kier molecular flexibility index (Phi) is 3.16. The largest absolute Gasteiger partial charge is 0.147 e. The Balaban J connectivity index is 0.000000720. The van der Waals surface area contributed by atoms with Crippen molar-refractivity contribution >= 4 is 12.4 Å². The number of fused-ring (bicyclic) bond motifs is 1. The Labute approximate surface area is 80.4 Å². The van der Waals surface area contributed by atoms with E-state index in [0.29, 0.717) is 0 Å². The van der Waals surface area contributed by atoms with Crippen molar-refractivity contribution in [3.8, 4) is 0 Å². The standard InChI is InChI=1S/C11H14.ClH/c1-9-5-4-7-10-6-2-3-8-11(9)10;/h2-3,6,8-9H,4-5,7H2,1H3;1H. The molecule has 1 aliphatic carbocycles. The third-order valence-electron chi connectivity index (χ3n) is 2.67. The molecule has 12 heavy (non-hydrogen) atoms. The molecule has 1 aromatic rings. The number of hydrogen-bond acceptors (Lipinski definition) is 0. The number of benzene rings is 1. The maximum Gasteiger partial charge on any atom is -0.0188 e. The predicted octanol–water partition coefficient (Wildman–Crippen LogP) is 3.55. The Morgan fingerprint density at radius 2 is 2.00 bits per heavy atom. The molecule has 0 saturated heterocycles. The molecule has 0 N–H and O–H groups in total. The van der Waals surface area contributed by atoms with Gasteiger partial charge in [0.1, 0.15) is 0 Å². The highest BCUT2D eigenvalue weighted by atomic mass is 35.5. The molecule has 0 fully saturated rings. The first kappa shape index (κ1) is 9.60. The second-order valence-corrected chi connectivity index (χ2v) is 3.49. The Morgan fingerprint density at radius 1 is 1.25 bits per heavy atom. The summed E-state index contributed by atoms with van der Waals surface area (Å²) in [6.45, 7) is 2.33. The highest BCUT2D eigenvalue weighted by Crippen LogP contribution is 2.30. The third kappa shape index (κ3) is 1.64. The second-order valence-electron chi connectivity index (χ2n) is 3.49. The summed E-state index contributed by atoms with van der Waals surface area (Å²) in [4.78, 5) is 0. The van der Waals surface area contributed by atoms with Gasteiger partial charge in [-0.15, -0.1) is 12.4 Å². The molecule has 1 aromatic carbocycles. The van der Waals surface area contributed by atoms with Crippen molar-refractivity contribution in [1.29, 1.82) is 0 Å². The first-order valence-corrected chi connectivity index (χ1v) is 4.46. The summed E-state index contributed by atoms with van der Waals surface area (Å²) < 4.78 is 0. The quantitative estimate of drug-likeness (QED) is 0.576. The molecule has 2 rings (SSSR count). The van der Waals surface area contributed by atoms with Crippen LogP contribution in [0.3, 0.4) is 0 Å². The first-order valence-electron chi connectivity index (χ1n) is 4.46. The smallest absolute Gasteiger partial charge is 0.0188 e. The first-order chi connectivity index (χ1) is 5.38. The van der Waals surface area contributed by atoms with E-state index in [1.165, 1.54) is 19.3 Å². The molecule has 1 unspecified atom stereocenters. The van der Waals surface area contributed by atoms with Gasteiger partial charge in [-0.1, -0.05) is 31.2 Å². The lowest BCUT2D eigenvalue weighted by atomic mass is 9.84. The molecule has 0 heterocycles. The summed E-state index contributed by atoms with van der Waals surface area (Å²) in [5.41, 5.74) is 3.16. The van der Waals surface area contributed by atoms with Crippen LogP contribution in [0.4, 0.5) is 0 Å². The molecular weight excluding hydrogens is 168 g/mol. The molecule has 1 atom stereocenters. The fraction of sp³-hybridized carbons (Fsp3) is 0.455. The molecule has 0 bridgehead atoms. The van der Waals surface area contributed by atoms with Crippen molar-refractivity contribution in [2.75, 3.05) is 0 Å². The Bertz CT molecular complexity index is 255. The van der Waals surface area contributed by atoms with Crippen LogP contribution >= 0.6 is 12.4 Å². The number of rotatable bonds is 0. The van der Waals surface area contributed by atoms with E-state index in [-0.39, 0.29) is 12.4 Å². The zero-order valence-electron chi connectivity index (χ0n) is 7.42. The lowest BCUT2D eigenvalue weighted by Gasteiger charge is -2.21. The van der Waals surface area contributed by atoms with Crippen LogP contribution in [0.25, 0.3) is 0 Å². The van der Waals surface area contributed by atoms with Crippen molar-refractivity contribution in [1.82, 2.24) is 0 Å². The topological polar surface area (TPSA) is 0 Å². The number of halogens is 1. The summed E-state index contributed by atoms with van der Waals surface area (Å²) in [6, 6.07) is 8.85. The van der Waals surface area contributed by atoms with E-state index in [0.717, 1.165) is 5.92 Å². The number of hydrogen-bond donors (Lipinski definition) is 0. The highest BCUT2D eigenvalue weighted by molar-refractivity contribution is 5.85. The lowest BCUT2D eigenvalue weighted by Crippen LogP contribution is -2.05. The van der Waals surface area contributed by atoms with Crippen LogP contribution in [0.1, 0.15) is 36.8 Å². The van der Waals surface area contributed by atoms with Gasteiger partial charge in [-0.3, -0.25) is 0 Å². The monoisotopic (exact) mass is 182 g/mol. The summed E-state index contributed by atoms with van der Waals surface area (Å²) in [5.74, 6) is 0.792. The van der Waals surface area contributed by atoms with Crippen LogP contribution in [0, 0.1) is 0 Å². The molecule has 0 saturated carbocycles. The van der Waals surface area contributed by atoms with Crippen LogP contribution in [0.2, 0.25) is 0 Å². The Hall–Kier alpha value is -0.490. The molecule has 0 nitrogen and oxygen atoms in total. The summed E-state index contributed by atoms with van der Waals surface area (Å²) >= 11 is 0. The molecule has 0 aliphatic heterocycles. The SMILES string of the molecule is CC1CCCc2ccccc21.Cl. The summed E-state index contributed by atoms with van der Waals surface area (Å²) in [5, 5.41) is 0. The van der Waals surface area contributed by atoms with Crippen LogP contribution in [-0.4, -0.2) is 0 Å². The van der Waals surface area contributed by atoms with Gasteiger partial charge in [0.15, 0.2) is 0 Å². The normalized spacial score (nSPS) is 20.9. The van der Waals surface area contributed by atoms with Gasteiger partial charge in [-0.2, -0.15) is 0 Å². The molecule has 66 valence electrons. The average molecular weight is 183 g/mol. The average Bonchev–Trinajstić information content (AvgIpc) is 2.06. The predicted molar refractivity (Wildman–Crippen MR) is 55.0 cm³/mol. The minimum absolute atomic E-state index is 0. The lowest BCUT2D eigenvalue weighted by molar-refractivity contribution is 0.590. The summed E-state index contributed by atoms with van der Waals surface area (Å²) in [7, 11) is 0. The van der Waals surface area contributed by atoms with Gasteiger partial charge in [0.25, 0.3) is 0 Å². The zero-order valence-corrected chi connectivity index (χ0v) is 8.23. The van der Waals surface area contributed by atoms with Gasteiger partial charge in [0.2, 0.25) is 0 Å². The third-order valence-corrected chi connectivity index (χ3v) is 2.67. The minimum atomic E-state index is 0. The van der Waals surface area contributed by atoms with Gasteiger partial charge < -0.3 is 0 Å². The van der Waals surface area contributed by atoms with E-state index >= 15 is 0 Å². The van der Waals surface area contributed by atoms with E-state index in [1.54, 1.807) is 11.1 Å². The van der Waals surface area contributed by atoms with Crippen LogP contribution < -0.4 is 0 Å². The maximum absolute atomic E-state index is 2.33. The highest BCUT2D eigenvalue weighted by Gasteiger charge is 2.14. The van der Waals surface area contributed by atoms with Crippen molar-refractivity contribution in [2.24, 2.45) is 0 Å². The van der Waals surface area contributed by atoms with Gasteiger partial charge in [0.05, 0.1) is 0 Å². The van der Waals surface area contributed by atoms with Crippen LogP contribution in [-0.2, 0) is 6.42 Å². The van der Waals surface area contributed by atoms with Crippen molar-refractivity contribution < 1.29 is 0 Å². The fourth-order valence-corrected chi connectivity index (χ4v) is 2.00. The molecule has 0 radical (unpaired) electrons. The van der Waals surface area contributed by atoms with E-state index in [1.807, 2.05) is 0 Å². The van der Waals surface area contributed by atoms with E-state index in [2.05, 4.69) is 31.2 Å². The van der Waals surface area contributed by atoms with Crippen LogP contribution in [0.15, 0.2) is 24.3 Å². The zero-order chi connectivity index (χ0) is 7.68. The van der Waals surface area contributed by atoms with Gasteiger partial charge in [-0.05, 0) is 36.3 Å². The number of aryl methyl sites for hydroxylation is 1. The van der Waals surface area contributed by atoms with Crippen molar-refractivity contribution in [3.05, 3.63) is 35.4 Å². The van der Waals surface area contributed by atoms with Gasteiger partial charge in [0, 0.05) is 0 Å². The van der Waals surface area contributed by atoms with Crippen molar-refractivity contribution in [3.63, 3.8) is 0 Å². The molecule has 0 amide bonds. The molecular formula is C11H15Cl. The Morgan fingerprint density at radius 3 is 2.75 bits per heavy atom. The fourth-order valence-electron chi connectivity index (χ4n) is 2.00. The van der Waals surface area contributed by atoms with E-state index < -0.39 is 0 Å². The second kappa shape index (κ2) is 3.95. The molecule has 1 aliphatic rings. The maximum atomic E-state index is 2.33. The van der Waals surface area contributed by atoms with E-state index in [4.69, 9.17) is 0 Å². The van der Waals surface area contributed by atoms with E-state index in [9.17, 15) is 0 Å². The van der Waals surface area contributed by atoms with Gasteiger partial charge >= 0.3 is 0 Å². The van der Waals surface area contributed by atoms with Gasteiger partial charge in [-0.25, -0.2) is 0 Å². The molecule has 0 aromatic heterocycles. The van der Waals surface area contributed by atoms with Crippen LogP contribution in [0.5, 0.6) is 0 Å².